The summed E-state index contributed by atoms with van der Waals surface area (Å²) in [6.07, 6.45) is 0. The van der Waals surface area contributed by atoms with Crippen molar-refractivity contribution in [1.82, 2.24) is 4.98 Å². The van der Waals surface area contributed by atoms with Crippen LogP contribution in [0.3, 0.4) is 0 Å². The molecule has 0 aliphatic carbocycles. The van der Waals surface area contributed by atoms with Gasteiger partial charge in [0.05, 0.1) is 5.56 Å². The van der Waals surface area contributed by atoms with Gasteiger partial charge >= 0.3 is 0 Å². The maximum Gasteiger partial charge on any atom is 0.148 e. The van der Waals surface area contributed by atoms with Crippen LogP contribution in [0, 0.1) is 32.1 Å². The van der Waals surface area contributed by atoms with Crippen LogP contribution in [-0.2, 0) is 0 Å². The van der Waals surface area contributed by atoms with E-state index in [2.05, 4.69) is 34.6 Å². The van der Waals surface area contributed by atoms with E-state index in [-0.39, 0.29) is 0 Å². The number of benzene rings is 2. The number of hydrogen-bond donors (Lipinski definition) is 1. The van der Waals surface area contributed by atoms with Gasteiger partial charge in [0.15, 0.2) is 0 Å². The first kappa shape index (κ1) is 15.8. The van der Waals surface area contributed by atoms with Crippen LogP contribution in [-0.4, -0.2) is 4.98 Å². The molecule has 0 bridgehead atoms. The smallest absolute Gasteiger partial charge is 0.148 e. The number of pyridine rings is 1. The third-order valence-electron chi connectivity index (χ3n) is 4.06. The van der Waals surface area contributed by atoms with E-state index in [1.165, 1.54) is 5.56 Å². The second-order valence-electron chi connectivity index (χ2n) is 5.94. The van der Waals surface area contributed by atoms with Crippen LogP contribution in [0.25, 0.3) is 11.1 Å². The monoisotopic (exact) mass is 313 g/mol. The lowest BCUT2D eigenvalue weighted by Gasteiger charge is -2.14. The molecule has 3 aromatic rings. The largest absolute Gasteiger partial charge is 0.339 e. The Labute approximate surface area is 142 Å². The summed E-state index contributed by atoms with van der Waals surface area (Å²) in [5, 5.41) is 12.9. The number of nitrogens with one attached hydrogen (secondary N) is 1. The fraction of sp³-hybridized carbons (Fsp3) is 0.143. The van der Waals surface area contributed by atoms with Crippen molar-refractivity contribution in [2.75, 3.05) is 5.32 Å². The summed E-state index contributed by atoms with van der Waals surface area (Å²) >= 11 is 0. The zero-order valence-electron chi connectivity index (χ0n) is 14.1. The van der Waals surface area contributed by atoms with Crippen molar-refractivity contribution in [3.8, 4) is 17.2 Å². The highest BCUT2D eigenvalue weighted by Gasteiger charge is 2.12. The van der Waals surface area contributed by atoms with Gasteiger partial charge in [-0.3, -0.25) is 0 Å². The lowest BCUT2D eigenvalue weighted by atomic mass is 10.0. The third-order valence-corrected chi connectivity index (χ3v) is 4.06. The maximum absolute atomic E-state index is 9.55. The minimum absolute atomic E-state index is 0.542. The predicted molar refractivity (Wildman–Crippen MR) is 98.3 cm³/mol. The molecular weight excluding hydrogens is 294 g/mol. The van der Waals surface area contributed by atoms with E-state index in [0.29, 0.717) is 11.4 Å². The Morgan fingerprint density at radius 1 is 0.958 bits per heavy atom. The molecule has 0 aliphatic rings. The van der Waals surface area contributed by atoms with Crippen LogP contribution in [0.2, 0.25) is 0 Å². The Bertz CT molecular complexity index is 922. The molecule has 3 nitrogen and oxygen atoms in total. The molecule has 118 valence electrons. The molecule has 0 saturated heterocycles. The molecule has 0 saturated carbocycles. The Kier molecular flexibility index (Phi) is 4.31. The van der Waals surface area contributed by atoms with Crippen LogP contribution in [0.1, 0.15) is 22.4 Å². The molecule has 2 aromatic carbocycles. The van der Waals surface area contributed by atoms with E-state index in [1.807, 2.05) is 57.2 Å². The summed E-state index contributed by atoms with van der Waals surface area (Å²) in [7, 11) is 0. The highest BCUT2D eigenvalue weighted by molar-refractivity contribution is 5.73. The summed E-state index contributed by atoms with van der Waals surface area (Å²) in [5.41, 5.74) is 6.76. The van der Waals surface area contributed by atoms with E-state index in [1.54, 1.807) is 0 Å². The lowest BCUT2D eigenvalue weighted by molar-refractivity contribution is 1.18. The fourth-order valence-corrected chi connectivity index (χ4v) is 2.69. The molecule has 0 unspecified atom stereocenters. The van der Waals surface area contributed by atoms with Crippen molar-refractivity contribution in [3.63, 3.8) is 0 Å². The predicted octanol–water partition coefficient (Wildman–Crippen LogP) is 5.29. The van der Waals surface area contributed by atoms with Gasteiger partial charge in [-0.1, -0.05) is 42.5 Å². The Balaban J connectivity index is 2.05. The molecule has 0 radical (unpaired) electrons. The number of nitrogens with zero attached hydrogens (tertiary/aromatic N) is 2. The molecular formula is C21H19N3. The fourth-order valence-electron chi connectivity index (χ4n) is 2.69. The standard InChI is InChI=1S/C21H19N3/c1-14-9-10-15(2)20(11-14)24-21-18(13-22)12-19(16(3)23-21)17-7-5-4-6-8-17/h4-12H,1-3H3,(H,23,24). The average Bonchev–Trinajstić information content (AvgIpc) is 2.59. The summed E-state index contributed by atoms with van der Waals surface area (Å²) < 4.78 is 0. The molecule has 1 heterocycles. The van der Waals surface area contributed by atoms with Crippen LogP contribution < -0.4 is 5.32 Å². The molecule has 1 N–H and O–H groups in total. The van der Waals surface area contributed by atoms with E-state index in [4.69, 9.17) is 0 Å². The van der Waals surface area contributed by atoms with Crippen molar-refractivity contribution in [3.05, 3.63) is 77.0 Å². The van der Waals surface area contributed by atoms with Crippen LogP contribution >= 0.6 is 0 Å². The molecule has 0 amide bonds. The maximum atomic E-state index is 9.55. The molecule has 0 atom stereocenters. The third kappa shape index (κ3) is 3.13. The Morgan fingerprint density at radius 2 is 1.71 bits per heavy atom. The number of hydrogen-bond acceptors (Lipinski definition) is 3. The minimum Gasteiger partial charge on any atom is -0.339 e. The summed E-state index contributed by atoms with van der Waals surface area (Å²) in [4.78, 5) is 4.65. The molecule has 0 spiro atoms. The second-order valence-corrected chi connectivity index (χ2v) is 5.94. The summed E-state index contributed by atoms with van der Waals surface area (Å²) in [6.45, 7) is 6.06. The van der Waals surface area contributed by atoms with E-state index >= 15 is 0 Å². The number of rotatable bonds is 3. The first-order chi connectivity index (χ1) is 11.6. The van der Waals surface area contributed by atoms with Gasteiger partial charge in [-0.25, -0.2) is 4.98 Å². The van der Waals surface area contributed by atoms with E-state index < -0.39 is 0 Å². The topological polar surface area (TPSA) is 48.7 Å². The van der Waals surface area contributed by atoms with Gasteiger partial charge in [-0.15, -0.1) is 0 Å². The van der Waals surface area contributed by atoms with Crippen LogP contribution in [0.4, 0.5) is 11.5 Å². The highest BCUT2D eigenvalue weighted by Crippen LogP contribution is 2.29. The second kappa shape index (κ2) is 6.55. The zero-order chi connectivity index (χ0) is 17.1. The molecule has 1 aromatic heterocycles. The van der Waals surface area contributed by atoms with E-state index in [0.717, 1.165) is 28.1 Å². The molecule has 24 heavy (non-hydrogen) atoms. The molecule has 3 rings (SSSR count). The first-order valence-electron chi connectivity index (χ1n) is 7.90. The van der Waals surface area contributed by atoms with Crippen molar-refractivity contribution in [2.24, 2.45) is 0 Å². The lowest BCUT2D eigenvalue weighted by Crippen LogP contribution is -2.02. The van der Waals surface area contributed by atoms with Crippen LogP contribution in [0.15, 0.2) is 54.6 Å². The van der Waals surface area contributed by atoms with Crippen molar-refractivity contribution in [2.45, 2.75) is 20.8 Å². The van der Waals surface area contributed by atoms with Crippen molar-refractivity contribution in [1.29, 1.82) is 5.26 Å². The Hall–Kier alpha value is -3.12. The van der Waals surface area contributed by atoms with Gasteiger partial charge < -0.3 is 5.32 Å². The first-order valence-corrected chi connectivity index (χ1v) is 7.90. The van der Waals surface area contributed by atoms with Crippen LogP contribution in [0.5, 0.6) is 0 Å². The number of aryl methyl sites for hydroxylation is 3. The quantitative estimate of drug-likeness (QED) is 0.714. The molecule has 0 fully saturated rings. The number of anilines is 2. The number of aromatic nitrogens is 1. The highest BCUT2D eigenvalue weighted by atomic mass is 15.0. The van der Waals surface area contributed by atoms with Gasteiger partial charge in [0.1, 0.15) is 11.9 Å². The zero-order valence-corrected chi connectivity index (χ0v) is 14.1. The molecule has 0 aliphatic heterocycles. The van der Waals surface area contributed by atoms with Gasteiger partial charge in [-0.05, 0) is 49.6 Å². The normalized spacial score (nSPS) is 10.2. The van der Waals surface area contributed by atoms with Gasteiger partial charge in [-0.2, -0.15) is 5.26 Å². The van der Waals surface area contributed by atoms with E-state index in [9.17, 15) is 5.26 Å². The number of nitriles is 1. The Morgan fingerprint density at radius 3 is 2.42 bits per heavy atom. The minimum atomic E-state index is 0.542. The van der Waals surface area contributed by atoms with Gasteiger partial charge in [0.25, 0.3) is 0 Å². The van der Waals surface area contributed by atoms with Gasteiger partial charge in [0.2, 0.25) is 0 Å². The van der Waals surface area contributed by atoms with Crippen molar-refractivity contribution >= 4 is 11.5 Å². The van der Waals surface area contributed by atoms with Crippen molar-refractivity contribution < 1.29 is 0 Å². The summed E-state index contributed by atoms with van der Waals surface area (Å²) in [6, 6.07) is 20.4. The van der Waals surface area contributed by atoms with Gasteiger partial charge in [0, 0.05) is 16.9 Å². The molecule has 3 heteroatoms. The SMILES string of the molecule is Cc1ccc(C)c(Nc2nc(C)c(-c3ccccc3)cc2C#N)c1. The summed E-state index contributed by atoms with van der Waals surface area (Å²) in [5.74, 6) is 0.600. The average molecular weight is 313 g/mol.